The van der Waals surface area contributed by atoms with E-state index in [1.807, 2.05) is 0 Å². The summed E-state index contributed by atoms with van der Waals surface area (Å²) in [5.74, 6) is 0. The van der Waals surface area contributed by atoms with Crippen LogP contribution in [0.5, 0.6) is 0 Å². The highest BCUT2D eigenvalue weighted by Crippen LogP contribution is 2.17. The van der Waals surface area contributed by atoms with Gasteiger partial charge in [-0.15, -0.1) is 0 Å². The topological polar surface area (TPSA) is 13.0 Å². The van der Waals surface area contributed by atoms with Crippen molar-refractivity contribution in [2.45, 2.75) is 47.3 Å². The number of rotatable bonds is 10. The molecule has 0 aromatic heterocycles. The lowest BCUT2D eigenvalue weighted by molar-refractivity contribution is 0.443. The monoisotopic (exact) mass is 334 g/mol. The van der Waals surface area contributed by atoms with E-state index in [1.165, 1.54) is 26.2 Å². The zero-order chi connectivity index (χ0) is 15.9. The second-order valence-corrected chi connectivity index (χ2v) is 17.0. The van der Waals surface area contributed by atoms with Crippen LogP contribution >= 0.6 is 0 Å². The normalized spacial score (nSPS) is 15.4. The van der Waals surface area contributed by atoms with Gasteiger partial charge in [-0.3, -0.25) is 0 Å². The highest BCUT2D eigenvalue weighted by Gasteiger charge is 2.38. The van der Waals surface area contributed by atoms with Crippen molar-refractivity contribution in [2.24, 2.45) is 0 Å². The van der Waals surface area contributed by atoms with Gasteiger partial charge in [0.15, 0.2) is 27.4 Å². The average Bonchev–Trinajstić information content (AvgIpc) is 2.45. The Bertz CT molecular complexity index is 262. The molecule has 0 aliphatic carbocycles. The maximum atomic E-state index is 3.02. The molecule has 0 spiro atoms. The fourth-order valence-corrected chi connectivity index (χ4v) is 15.6. The summed E-state index contributed by atoms with van der Waals surface area (Å²) in [4.78, 5) is 0. The number of nitrogens with zero attached hydrogens (tertiary/aromatic N) is 4. The first-order valence-electron chi connectivity index (χ1n) is 8.16. The highest BCUT2D eigenvalue weighted by molar-refractivity contribution is 6.88. The van der Waals surface area contributed by atoms with Gasteiger partial charge in [0.1, 0.15) is 0 Å². The van der Waals surface area contributed by atoms with Gasteiger partial charge in [0, 0.05) is 0 Å². The molecule has 0 N–H and O–H groups in total. The Kier molecular flexibility index (Phi) is 9.73. The molecular weight excluding hydrogens is 296 g/mol. The summed E-state index contributed by atoms with van der Waals surface area (Å²) in [5.41, 5.74) is 0. The molecule has 0 aliphatic rings. The van der Waals surface area contributed by atoms with Crippen molar-refractivity contribution in [3.63, 3.8) is 0 Å². The van der Waals surface area contributed by atoms with E-state index in [4.69, 9.17) is 0 Å². The highest BCUT2D eigenvalue weighted by atomic mass is 28.4. The Balaban J connectivity index is 5.23. The Morgan fingerprint density at radius 1 is 0.900 bits per heavy atom. The predicted octanol–water partition coefficient (Wildman–Crippen LogP) is 1.08. The van der Waals surface area contributed by atoms with Gasteiger partial charge in [-0.2, -0.15) is 0 Å². The molecule has 0 rings (SSSR count). The molecule has 0 saturated heterocycles. The largest absolute Gasteiger partial charge is 0.339 e. The Hall–Kier alpha value is 0.491. The van der Waals surface area contributed by atoms with Gasteiger partial charge < -0.3 is 17.6 Å². The Morgan fingerprint density at radius 2 is 1.40 bits per heavy atom. The van der Waals surface area contributed by atoms with Crippen molar-refractivity contribution < 1.29 is 0 Å². The summed E-state index contributed by atoms with van der Waals surface area (Å²) in [5, 5.41) is 0. The molecule has 7 heteroatoms. The van der Waals surface area contributed by atoms with Crippen LogP contribution in [0.15, 0.2) is 0 Å². The zero-order valence-corrected chi connectivity index (χ0v) is 19.0. The van der Waals surface area contributed by atoms with Crippen molar-refractivity contribution in [2.75, 3.05) is 40.3 Å². The summed E-state index contributed by atoms with van der Waals surface area (Å²) in [6.07, 6.45) is 0. The first-order valence-corrected chi connectivity index (χ1v) is 14.5. The van der Waals surface area contributed by atoms with Crippen LogP contribution < -0.4 is 0 Å². The van der Waals surface area contributed by atoms with Crippen LogP contribution in [0.1, 0.15) is 27.7 Å². The minimum atomic E-state index is -1.47. The molecular formula is C13H38N4Si3. The van der Waals surface area contributed by atoms with E-state index in [9.17, 15) is 0 Å². The van der Waals surface area contributed by atoms with Crippen LogP contribution in [-0.2, 0) is 0 Å². The molecule has 122 valence electrons. The van der Waals surface area contributed by atoms with Gasteiger partial charge in [0.05, 0.1) is 0 Å². The molecule has 0 saturated carbocycles. The summed E-state index contributed by atoms with van der Waals surface area (Å²) in [7, 11) is 1.88. The molecule has 0 aromatic rings. The molecule has 0 aromatic carbocycles. The maximum absolute atomic E-state index is 3.02. The van der Waals surface area contributed by atoms with E-state index in [0.29, 0.717) is 0 Å². The van der Waals surface area contributed by atoms with Crippen LogP contribution in [0.2, 0.25) is 19.6 Å². The van der Waals surface area contributed by atoms with Gasteiger partial charge in [0.25, 0.3) is 0 Å². The van der Waals surface area contributed by atoms with Crippen LogP contribution in [0, 0.1) is 0 Å². The van der Waals surface area contributed by atoms with E-state index in [-0.39, 0.29) is 9.84 Å². The predicted molar refractivity (Wildman–Crippen MR) is 100 cm³/mol. The van der Waals surface area contributed by atoms with Crippen molar-refractivity contribution in [3.8, 4) is 0 Å². The van der Waals surface area contributed by atoms with Gasteiger partial charge in [-0.25, -0.2) is 0 Å². The van der Waals surface area contributed by atoms with Crippen LogP contribution in [0.3, 0.4) is 0 Å². The van der Waals surface area contributed by atoms with Crippen molar-refractivity contribution >= 4 is 27.4 Å². The fourth-order valence-electron chi connectivity index (χ4n) is 2.50. The van der Waals surface area contributed by atoms with E-state index >= 15 is 0 Å². The quantitative estimate of drug-likeness (QED) is 0.554. The zero-order valence-electron chi connectivity index (χ0n) is 15.4. The average molecular weight is 335 g/mol. The summed E-state index contributed by atoms with van der Waals surface area (Å²) < 4.78 is 11.0. The Labute approximate surface area is 133 Å². The molecule has 1 atom stereocenters. The molecule has 20 heavy (non-hydrogen) atoms. The first kappa shape index (κ1) is 20.5. The lowest BCUT2D eigenvalue weighted by Gasteiger charge is -2.49. The second-order valence-electron chi connectivity index (χ2n) is 6.13. The van der Waals surface area contributed by atoms with Crippen LogP contribution in [-0.4, -0.2) is 85.2 Å². The second kappa shape index (κ2) is 9.50. The molecule has 0 aliphatic heterocycles. The van der Waals surface area contributed by atoms with Crippen molar-refractivity contribution in [3.05, 3.63) is 0 Å². The lowest BCUT2D eigenvalue weighted by Crippen LogP contribution is -2.70. The van der Waals surface area contributed by atoms with E-state index in [1.54, 1.807) is 0 Å². The molecule has 1 unspecified atom stereocenters. The van der Waals surface area contributed by atoms with Crippen molar-refractivity contribution in [1.29, 1.82) is 0 Å². The van der Waals surface area contributed by atoms with Crippen LogP contribution in [0.4, 0.5) is 0 Å². The van der Waals surface area contributed by atoms with Gasteiger partial charge in [0.2, 0.25) is 0 Å². The van der Waals surface area contributed by atoms with Gasteiger partial charge in [-0.05, 0) is 59.9 Å². The van der Waals surface area contributed by atoms with Crippen molar-refractivity contribution in [1.82, 2.24) is 17.6 Å². The van der Waals surface area contributed by atoms with E-state index in [0.717, 1.165) is 0 Å². The first-order chi connectivity index (χ1) is 9.25. The summed E-state index contributed by atoms with van der Waals surface area (Å²) >= 11 is 0. The third-order valence-electron chi connectivity index (χ3n) is 4.95. The molecule has 0 fully saturated rings. The van der Waals surface area contributed by atoms with Gasteiger partial charge >= 0.3 is 0 Å². The fraction of sp³-hybridized carbons (Fsp3) is 1.00. The Morgan fingerprint density at radius 3 is 1.75 bits per heavy atom. The smallest absolute Gasteiger partial charge is 0.188 e. The number of hydrogen-bond acceptors (Lipinski definition) is 4. The molecule has 4 nitrogen and oxygen atoms in total. The molecule has 0 amide bonds. The molecule has 0 heterocycles. The molecule has 0 bridgehead atoms. The summed E-state index contributed by atoms with van der Waals surface area (Å²) in [6, 6.07) is 0. The minimum Gasteiger partial charge on any atom is -0.339 e. The molecule has 0 radical (unpaired) electrons. The summed E-state index contributed by atoms with van der Waals surface area (Å²) in [6.45, 7) is 21.6. The third kappa shape index (κ3) is 5.36. The van der Waals surface area contributed by atoms with Gasteiger partial charge in [-0.1, -0.05) is 27.7 Å². The van der Waals surface area contributed by atoms with E-state index in [2.05, 4.69) is 79.0 Å². The lowest BCUT2D eigenvalue weighted by atomic mass is 10.7. The maximum Gasteiger partial charge on any atom is 0.188 e. The third-order valence-corrected chi connectivity index (χ3v) is 20.5. The SMILES string of the molecule is CCN(CC)[SiH2]N([SiH](C)N(C)CC)[Si](C)(C)N(C)CC. The van der Waals surface area contributed by atoms with Crippen LogP contribution in [0.25, 0.3) is 0 Å². The standard InChI is InChI=1S/C13H38N4Si3/c1-10-14(5)19(7)17(18-16(12-3)13-4)20(8,9)15(6)11-2/h19H,10-13,18H2,1-9H3. The minimum absolute atomic E-state index is 0.310. The van der Waals surface area contributed by atoms with E-state index < -0.39 is 17.5 Å². The number of hydrogen-bond donors (Lipinski definition) is 0.